The quantitative estimate of drug-likeness (QED) is 0.253. The van der Waals surface area contributed by atoms with Crippen LogP contribution in [-0.4, -0.2) is 9.55 Å². The summed E-state index contributed by atoms with van der Waals surface area (Å²) < 4.78 is 8.45. The zero-order valence-corrected chi connectivity index (χ0v) is 21.0. The van der Waals surface area contributed by atoms with Crippen molar-refractivity contribution in [3.05, 3.63) is 127 Å². The zero-order valence-electron chi connectivity index (χ0n) is 21.0. The summed E-state index contributed by atoms with van der Waals surface area (Å²) in [7, 11) is 0. The maximum Gasteiger partial charge on any atom is 0.135 e. The van der Waals surface area contributed by atoms with Crippen LogP contribution in [-0.2, 0) is 0 Å². The van der Waals surface area contributed by atoms with Crippen molar-refractivity contribution in [2.75, 3.05) is 0 Å². The Hall–Kier alpha value is -5.28. The van der Waals surface area contributed by atoms with Crippen LogP contribution in [0.15, 0.2) is 132 Å². The largest absolute Gasteiger partial charge is 0.456 e. The van der Waals surface area contributed by atoms with Gasteiger partial charge in [0.25, 0.3) is 0 Å². The Morgan fingerprint density at radius 2 is 1.18 bits per heavy atom. The molecule has 0 radical (unpaired) electrons. The van der Waals surface area contributed by atoms with Gasteiger partial charge in [0.15, 0.2) is 0 Å². The molecule has 3 aromatic heterocycles. The van der Waals surface area contributed by atoms with Gasteiger partial charge in [0.1, 0.15) is 11.2 Å². The number of furan rings is 1. The van der Waals surface area contributed by atoms with Crippen molar-refractivity contribution in [3.8, 4) is 16.8 Å². The molecule has 1 N–H and O–H groups in total. The summed E-state index contributed by atoms with van der Waals surface area (Å²) in [6, 6.07) is 45.4. The third-order valence-electron chi connectivity index (χ3n) is 8.15. The molecule has 3 nitrogen and oxygen atoms in total. The molecule has 3 heterocycles. The van der Waals surface area contributed by atoms with Crippen molar-refractivity contribution in [3.63, 3.8) is 0 Å². The van der Waals surface area contributed by atoms with Crippen LogP contribution < -0.4 is 0 Å². The van der Waals surface area contributed by atoms with Gasteiger partial charge in [-0.25, -0.2) is 0 Å². The molecule has 6 aromatic carbocycles. The molecule has 0 saturated carbocycles. The number of fused-ring (bicyclic) bond motifs is 10. The molecule has 0 aliphatic heterocycles. The molecule has 0 amide bonds. The molecule has 39 heavy (non-hydrogen) atoms. The van der Waals surface area contributed by atoms with Crippen LogP contribution in [0.4, 0.5) is 0 Å². The molecule has 0 aliphatic rings. The third kappa shape index (κ3) is 2.87. The lowest BCUT2D eigenvalue weighted by Crippen LogP contribution is -1.94. The maximum atomic E-state index is 6.04. The fourth-order valence-corrected chi connectivity index (χ4v) is 6.35. The number of H-pyrrole nitrogens is 1. The molecule has 0 saturated heterocycles. The number of nitrogens with zero attached hydrogens (tertiary/aromatic N) is 1. The second kappa shape index (κ2) is 7.62. The molecule has 9 aromatic rings. The summed E-state index contributed by atoms with van der Waals surface area (Å²) >= 11 is 0. The molecule has 0 fully saturated rings. The molecule has 0 atom stereocenters. The summed E-state index contributed by atoms with van der Waals surface area (Å²) in [5.41, 5.74) is 10.1. The SMILES string of the molecule is c1ccc2c(c1)[nH]c1c2ccc2c3ccccc3n(-c3ccc(-c4ccc5oc6ccccc6c5c4)cc3)c21. The van der Waals surface area contributed by atoms with Gasteiger partial charge < -0.3 is 14.0 Å². The Kier molecular flexibility index (Phi) is 4.05. The van der Waals surface area contributed by atoms with Crippen LogP contribution in [0, 0.1) is 0 Å². The predicted octanol–water partition coefficient (Wildman–Crippen LogP) is 9.98. The minimum Gasteiger partial charge on any atom is -0.456 e. The molecule has 182 valence electrons. The van der Waals surface area contributed by atoms with Crippen molar-refractivity contribution >= 4 is 65.6 Å². The van der Waals surface area contributed by atoms with Gasteiger partial charge in [-0.15, -0.1) is 0 Å². The first-order valence-corrected chi connectivity index (χ1v) is 13.3. The average molecular weight is 499 g/mol. The first-order chi connectivity index (χ1) is 19.3. The normalized spacial score (nSPS) is 12.1. The second-order valence-corrected chi connectivity index (χ2v) is 10.3. The molecule has 3 heteroatoms. The smallest absolute Gasteiger partial charge is 0.135 e. The number of rotatable bonds is 2. The highest BCUT2D eigenvalue weighted by atomic mass is 16.3. The van der Waals surface area contributed by atoms with Crippen molar-refractivity contribution in [1.82, 2.24) is 9.55 Å². The average Bonchev–Trinajstić information content (AvgIpc) is 3.66. The number of nitrogens with one attached hydrogen (secondary N) is 1. The first kappa shape index (κ1) is 20.7. The van der Waals surface area contributed by atoms with Gasteiger partial charge >= 0.3 is 0 Å². The van der Waals surface area contributed by atoms with E-state index in [2.05, 4.69) is 125 Å². The minimum atomic E-state index is 0.921. The summed E-state index contributed by atoms with van der Waals surface area (Å²) in [6.45, 7) is 0. The monoisotopic (exact) mass is 498 g/mol. The van der Waals surface area contributed by atoms with Crippen LogP contribution in [0.3, 0.4) is 0 Å². The van der Waals surface area contributed by atoms with Crippen LogP contribution in [0.5, 0.6) is 0 Å². The Labute approximate surface area is 223 Å². The summed E-state index contributed by atoms with van der Waals surface area (Å²) in [4.78, 5) is 3.73. The number of aromatic amines is 1. The van der Waals surface area contributed by atoms with E-state index >= 15 is 0 Å². The molecule has 0 spiro atoms. The first-order valence-electron chi connectivity index (χ1n) is 13.3. The highest BCUT2D eigenvalue weighted by Crippen LogP contribution is 2.39. The Balaban J connectivity index is 1.26. The van der Waals surface area contributed by atoms with E-state index in [4.69, 9.17) is 4.42 Å². The van der Waals surface area contributed by atoms with E-state index < -0.39 is 0 Å². The van der Waals surface area contributed by atoms with Gasteiger partial charge in [-0.2, -0.15) is 0 Å². The van der Waals surface area contributed by atoms with Gasteiger partial charge in [0, 0.05) is 43.5 Å². The summed E-state index contributed by atoms with van der Waals surface area (Å²) in [5.74, 6) is 0. The van der Waals surface area contributed by atoms with E-state index in [1.807, 2.05) is 12.1 Å². The summed E-state index contributed by atoms with van der Waals surface area (Å²) in [5, 5.41) is 7.32. The van der Waals surface area contributed by atoms with Gasteiger partial charge in [-0.3, -0.25) is 0 Å². The number of para-hydroxylation sites is 3. The molecule has 0 unspecified atom stereocenters. The molecular weight excluding hydrogens is 476 g/mol. The maximum absolute atomic E-state index is 6.04. The summed E-state index contributed by atoms with van der Waals surface area (Å²) in [6.07, 6.45) is 0. The molecule has 0 aliphatic carbocycles. The van der Waals surface area contributed by atoms with Gasteiger partial charge in [-0.1, -0.05) is 84.9 Å². The topological polar surface area (TPSA) is 33.9 Å². The number of hydrogen-bond acceptors (Lipinski definition) is 1. The van der Waals surface area contributed by atoms with Crippen molar-refractivity contribution in [2.24, 2.45) is 0 Å². The van der Waals surface area contributed by atoms with E-state index in [9.17, 15) is 0 Å². The lowest BCUT2D eigenvalue weighted by atomic mass is 10.0. The fourth-order valence-electron chi connectivity index (χ4n) is 6.35. The lowest BCUT2D eigenvalue weighted by Gasteiger charge is -2.10. The van der Waals surface area contributed by atoms with Crippen molar-refractivity contribution in [2.45, 2.75) is 0 Å². The van der Waals surface area contributed by atoms with E-state index in [-0.39, 0.29) is 0 Å². The highest BCUT2D eigenvalue weighted by Gasteiger charge is 2.17. The Morgan fingerprint density at radius 1 is 0.487 bits per heavy atom. The van der Waals surface area contributed by atoms with Gasteiger partial charge in [0.2, 0.25) is 0 Å². The number of aromatic nitrogens is 2. The van der Waals surface area contributed by atoms with E-state index in [0.29, 0.717) is 0 Å². The second-order valence-electron chi connectivity index (χ2n) is 10.3. The zero-order chi connectivity index (χ0) is 25.5. The standard InChI is InChI=1S/C36H22N2O/c1-4-10-31-25(7-1)28-18-19-29-26-8-2-5-11-32(26)38(36(29)35(28)37-31)24-16-13-22(14-17-24)23-15-20-34-30(21-23)27-9-3-6-12-33(27)39-34/h1-21,37H. The third-order valence-corrected chi connectivity index (χ3v) is 8.15. The molecular formula is C36H22N2O. The van der Waals surface area contributed by atoms with Crippen LogP contribution in [0.2, 0.25) is 0 Å². The molecule has 0 bridgehead atoms. The van der Waals surface area contributed by atoms with Crippen molar-refractivity contribution < 1.29 is 4.42 Å². The Morgan fingerprint density at radius 3 is 2.08 bits per heavy atom. The van der Waals surface area contributed by atoms with Gasteiger partial charge in [-0.05, 0) is 53.6 Å². The fraction of sp³-hybridized carbons (Fsp3) is 0. The van der Waals surface area contributed by atoms with E-state index in [0.717, 1.165) is 33.1 Å². The van der Waals surface area contributed by atoms with Crippen LogP contribution >= 0.6 is 0 Å². The molecule has 9 rings (SSSR count). The number of hydrogen-bond donors (Lipinski definition) is 1. The van der Waals surface area contributed by atoms with Crippen LogP contribution in [0.25, 0.3) is 82.4 Å². The Bertz CT molecular complexity index is 2380. The van der Waals surface area contributed by atoms with E-state index in [1.54, 1.807) is 0 Å². The minimum absolute atomic E-state index is 0.921. The lowest BCUT2D eigenvalue weighted by molar-refractivity contribution is 0.669. The van der Waals surface area contributed by atoms with Crippen LogP contribution in [0.1, 0.15) is 0 Å². The number of benzene rings is 6. The predicted molar refractivity (Wildman–Crippen MR) is 163 cm³/mol. The van der Waals surface area contributed by atoms with Crippen molar-refractivity contribution in [1.29, 1.82) is 0 Å². The highest BCUT2D eigenvalue weighted by molar-refractivity contribution is 6.22. The van der Waals surface area contributed by atoms with Gasteiger partial charge in [0.05, 0.1) is 16.6 Å². The van der Waals surface area contributed by atoms with E-state index in [1.165, 1.54) is 49.2 Å².